The third kappa shape index (κ3) is 2.75. The molecule has 0 spiro atoms. The van der Waals surface area contributed by atoms with Crippen molar-refractivity contribution in [1.29, 1.82) is 0 Å². The number of amides is 1. The predicted octanol–water partition coefficient (Wildman–Crippen LogP) is 3.20. The van der Waals surface area contributed by atoms with Crippen LogP contribution >= 0.6 is 0 Å². The summed E-state index contributed by atoms with van der Waals surface area (Å²) in [6, 6.07) is 6.36. The van der Waals surface area contributed by atoms with Gasteiger partial charge < -0.3 is 18.9 Å². The van der Waals surface area contributed by atoms with Crippen LogP contribution in [-0.2, 0) is 11.3 Å². The average molecular weight is 382 g/mol. The maximum Gasteiger partial charge on any atom is 0.226 e. The zero-order valence-corrected chi connectivity index (χ0v) is 16.4. The van der Waals surface area contributed by atoms with Gasteiger partial charge in [-0.1, -0.05) is 12.8 Å². The summed E-state index contributed by atoms with van der Waals surface area (Å²) in [6.07, 6.45) is 6.55. The highest BCUT2D eigenvalue weighted by Gasteiger charge is 2.44. The van der Waals surface area contributed by atoms with E-state index < -0.39 is 0 Å². The van der Waals surface area contributed by atoms with E-state index in [0.29, 0.717) is 24.0 Å². The van der Waals surface area contributed by atoms with E-state index in [4.69, 9.17) is 9.47 Å². The Balaban J connectivity index is 1.55. The highest BCUT2D eigenvalue weighted by atomic mass is 16.5. The number of fused-ring (bicyclic) bond motifs is 3. The molecule has 2 saturated carbocycles. The monoisotopic (exact) mass is 382 g/mol. The average Bonchev–Trinajstić information content (AvgIpc) is 3.51. The van der Waals surface area contributed by atoms with Gasteiger partial charge in [0, 0.05) is 11.5 Å². The van der Waals surface area contributed by atoms with Crippen LogP contribution in [0.15, 0.2) is 18.2 Å². The van der Waals surface area contributed by atoms with Gasteiger partial charge in [-0.25, -0.2) is 0 Å². The van der Waals surface area contributed by atoms with Crippen LogP contribution in [0.25, 0.3) is 11.4 Å². The lowest BCUT2D eigenvalue weighted by Crippen LogP contribution is -2.51. The molecule has 0 N–H and O–H groups in total. The first-order chi connectivity index (χ1) is 13.7. The van der Waals surface area contributed by atoms with E-state index in [9.17, 15) is 4.79 Å². The molecule has 0 radical (unpaired) electrons. The van der Waals surface area contributed by atoms with Gasteiger partial charge in [0.1, 0.15) is 0 Å². The summed E-state index contributed by atoms with van der Waals surface area (Å²) in [7, 11) is 3.27. The minimum absolute atomic E-state index is 0.238. The Morgan fingerprint density at radius 2 is 1.75 bits per heavy atom. The van der Waals surface area contributed by atoms with Crippen molar-refractivity contribution in [2.45, 2.75) is 57.2 Å². The highest BCUT2D eigenvalue weighted by molar-refractivity contribution is 5.81. The van der Waals surface area contributed by atoms with Gasteiger partial charge in [0.25, 0.3) is 0 Å². The van der Waals surface area contributed by atoms with Crippen molar-refractivity contribution in [3.05, 3.63) is 24.0 Å². The molecule has 0 bridgehead atoms. The smallest absolute Gasteiger partial charge is 0.226 e. The van der Waals surface area contributed by atoms with E-state index in [1.807, 2.05) is 18.2 Å². The van der Waals surface area contributed by atoms with Gasteiger partial charge in [0.05, 0.1) is 32.8 Å². The molecular weight excluding hydrogens is 356 g/mol. The number of aromatic nitrogens is 3. The number of carbonyl (C=O) groups excluding carboxylic acids is 1. The van der Waals surface area contributed by atoms with Gasteiger partial charge in [-0.15, -0.1) is 10.2 Å². The molecule has 2 aromatic rings. The first-order valence-corrected chi connectivity index (χ1v) is 10.2. The fourth-order valence-corrected chi connectivity index (χ4v) is 4.78. The van der Waals surface area contributed by atoms with Crippen LogP contribution in [0.4, 0.5) is 0 Å². The first-order valence-electron chi connectivity index (χ1n) is 10.2. The number of rotatable bonds is 4. The molecule has 7 nitrogen and oxygen atoms in total. The molecule has 0 saturated heterocycles. The van der Waals surface area contributed by atoms with Crippen LogP contribution in [0.5, 0.6) is 11.5 Å². The second kappa shape index (κ2) is 6.79. The van der Waals surface area contributed by atoms with Crippen LogP contribution < -0.4 is 9.47 Å². The SMILES string of the molecule is COc1ccc(-c2nnc3n2[C@@H]2CCCC[C@H]2N(C(=O)C2CC2)C3)cc1OC. The topological polar surface area (TPSA) is 69.5 Å². The van der Waals surface area contributed by atoms with E-state index in [1.54, 1.807) is 14.2 Å². The number of benzene rings is 1. The Morgan fingerprint density at radius 1 is 1.00 bits per heavy atom. The summed E-state index contributed by atoms with van der Waals surface area (Å²) in [4.78, 5) is 15.0. The normalized spacial score (nSPS) is 23.7. The lowest BCUT2D eigenvalue weighted by Gasteiger charge is -2.45. The van der Waals surface area contributed by atoms with Crippen LogP contribution in [0, 0.1) is 5.92 Å². The van der Waals surface area contributed by atoms with Crippen molar-refractivity contribution in [3.8, 4) is 22.9 Å². The fourth-order valence-electron chi connectivity index (χ4n) is 4.78. The van der Waals surface area contributed by atoms with Crippen LogP contribution in [0.1, 0.15) is 50.4 Å². The molecule has 1 aliphatic heterocycles. The summed E-state index contributed by atoms with van der Waals surface area (Å²) in [5.74, 6) is 3.68. The molecule has 28 heavy (non-hydrogen) atoms. The van der Waals surface area contributed by atoms with Crippen molar-refractivity contribution >= 4 is 5.91 Å². The van der Waals surface area contributed by atoms with E-state index in [1.165, 1.54) is 12.8 Å². The molecule has 1 amide bonds. The minimum atomic E-state index is 0.238. The first kappa shape index (κ1) is 17.5. The Kier molecular flexibility index (Phi) is 4.25. The third-order valence-electron chi connectivity index (χ3n) is 6.36. The van der Waals surface area contributed by atoms with Gasteiger partial charge in [-0.2, -0.15) is 0 Å². The quantitative estimate of drug-likeness (QED) is 0.812. The number of carbonyl (C=O) groups is 1. The molecule has 0 unspecified atom stereocenters. The zero-order valence-electron chi connectivity index (χ0n) is 16.4. The van der Waals surface area contributed by atoms with Crippen molar-refractivity contribution in [2.75, 3.05) is 14.2 Å². The second-order valence-corrected chi connectivity index (χ2v) is 8.04. The van der Waals surface area contributed by atoms with Crippen molar-refractivity contribution < 1.29 is 14.3 Å². The largest absolute Gasteiger partial charge is 0.493 e. The number of ether oxygens (including phenoxy) is 2. The molecule has 2 atom stereocenters. The minimum Gasteiger partial charge on any atom is -0.493 e. The van der Waals surface area contributed by atoms with Gasteiger partial charge in [0.15, 0.2) is 23.1 Å². The lowest BCUT2D eigenvalue weighted by atomic mass is 9.86. The van der Waals surface area contributed by atoms with Crippen molar-refractivity contribution in [2.24, 2.45) is 5.92 Å². The molecule has 2 fully saturated rings. The van der Waals surface area contributed by atoms with Crippen LogP contribution in [-0.4, -0.2) is 45.8 Å². The molecule has 7 heteroatoms. The van der Waals surface area contributed by atoms with E-state index in [-0.39, 0.29) is 18.0 Å². The Hall–Kier alpha value is -2.57. The molecule has 148 valence electrons. The zero-order chi connectivity index (χ0) is 19.3. The molecule has 1 aromatic heterocycles. The number of hydrogen-bond acceptors (Lipinski definition) is 5. The van der Waals surface area contributed by atoms with Crippen LogP contribution in [0.3, 0.4) is 0 Å². The van der Waals surface area contributed by atoms with E-state index in [0.717, 1.165) is 42.9 Å². The van der Waals surface area contributed by atoms with E-state index in [2.05, 4.69) is 19.7 Å². The van der Waals surface area contributed by atoms with Gasteiger partial charge in [0.2, 0.25) is 5.91 Å². The summed E-state index contributed by atoms with van der Waals surface area (Å²) in [5.41, 5.74) is 0.961. The second-order valence-electron chi connectivity index (χ2n) is 8.04. The number of hydrogen-bond donors (Lipinski definition) is 0. The highest BCUT2D eigenvalue weighted by Crippen LogP contribution is 2.43. The Morgan fingerprint density at radius 3 is 2.46 bits per heavy atom. The number of methoxy groups -OCH3 is 2. The molecule has 1 aromatic carbocycles. The van der Waals surface area contributed by atoms with Gasteiger partial charge in [-0.3, -0.25) is 4.79 Å². The predicted molar refractivity (Wildman–Crippen MR) is 103 cm³/mol. The maximum atomic E-state index is 12.9. The van der Waals surface area contributed by atoms with Crippen molar-refractivity contribution in [1.82, 2.24) is 19.7 Å². The van der Waals surface area contributed by atoms with Gasteiger partial charge >= 0.3 is 0 Å². The Labute approximate surface area is 164 Å². The number of nitrogens with zero attached hydrogens (tertiary/aromatic N) is 4. The fraction of sp³-hybridized carbons (Fsp3) is 0.571. The third-order valence-corrected chi connectivity index (χ3v) is 6.36. The van der Waals surface area contributed by atoms with Crippen molar-refractivity contribution in [3.63, 3.8) is 0 Å². The van der Waals surface area contributed by atoms with E-state index >= 15 is 0 Å². The molecule has 2 aliphatic carbocycles. The van der Waals surface area contributed by atoms with Crippen LogP contribution in [0.2, 0.25) is 0 Å². The van der Waals surface area contributed by atoms with Gasteiger partial charge in [-0.05, 0) is 43.9 Å². The summed E-state index contributed by atoms with van der Waals surface area (Å²) >= 11 is 0. The Bertz CT molecular complexity index is 905. The molecule has 2 heterocycles. The summed E-state index contributed by atoms with van der Waals surface area (Å²) in [6.45, 7) is 0.566. The lowest BCUT2D eigenvalue weighted by molar-refractivity contribution is -0.139. The summed E-state index contributed by atoms with van der Waals surface area (Å²) in [5, 5.41) is 9.00. The standard InChI is InChI=1S/C21H26N4O3/c1-27-17-10-9-14(11-18(17)28-2)20-23-22-19-12-24(21(26)13-7-8-13)15-5-3-4-6-16(15)25(19)20/h9-11,13,15-16H,3-8,12H2,1-2H3/t15-,16-/m1/s1. The molecular formula is C21H26N4O3. The molecule has 3 aliphatic rings. The summed E-state index contributed by atoms with van der Waals surface area (Å²) < 4.78 is 13.1. The molecule has 5 rings (SSSR count). The maximum absolute atomic E-state index is 12.9.